The Bertz CT molecular complexity index is 390. The number of hydrogen-bond donors (Lipinski definition) is 0. The fourth-order valence-corrected chi connectivity index (χ4v) is 2.01. The molecular formula is C18H20CrO6. The van der Waals surface area contributed by atoms with Gasteiger partial charge in [-0.25, -0.2) is 0 Å². The first-order valence-electron chi connectivity index (χ1n) is 6.67. The van der Waals surface area contributed by atoms with Gasteiger partial charge in [-0.1, -0.05) is 27.7 Å². The Kier molecular flexibility index (Phi) is 59.4. The molecule has 0 saturated carbocycles. The minimum Gasteiger partial charge on any atom is 0 e. The number of rotatable bonds is 4. The van der Waals surface area contributed by atoms with Crippen molar-refractivity contribution in [1.29, 1.82) is 0 Å². The molecule has 0 saturated heterocycles. The standard InChI is InChI=1S/C13H20O.5CO.Cr/c1-5-10-9-14-13(8-4)12(7-3)11(10)6-2;5*1-2;/h5-8H2,1-4H3;;;;;;. The summed E-state index contributed by atoms with van der Waals surface area (Å²) in [5.74, 6) is 1.11. The Morgan fingerprint density at radius 1 is 0.640 bits per heavy atom. The molecule has 134 valence electrons. The van der Waals surface area contributed by atoms with Crippen LogP contribution in [-0.2, 0) is 45.4 Å². The molecule has 0 atom stereocenters. The topological polar surface area (TPSA) is 109 Å². The van der Waals surface area contributed by atoms with E-state index >= 15 is 0 Å². The number of hydrogen-bond acceptors (Lipinski definition) is 1. The fourth-order valence-electron chi connectivity index (χ4n) is 2.01. The van der Waals surface area contributed by atoms with E-state index in [4.69, 9.17) is 28.0 Å². The molecule has 0 fully saturated rings. The zero-order valence-electron chi connectivity index (χ0n) is 14.7. The van der Waals surface area contributed by atoms with Crippen molar-refractivity contribution in [2.24, 2.45) is 0 Å². The normalized spacial score (nSPS) is 10.2. The monoisotopic (exact) mass is 384 g/mol. The van der Waals surface area contributed by atoms with Crippen LogP contribution in [0.15, 0.2) is 22.5 Å². The van der Waals surface area contributed by atoms with Gasteiger partial charge in [0.1, 0.15) is 5.76 Å². The molecule has 6 nitrogen and oxygen atoms in total. The summed E-state index contributed by atoms with van der Waals surface area (Å²) in [4.78, 5) is 0. The summed E-state index contributed by atoms with van der Waals surface area (Å²) >= 11 is 0. The van der Waals surface area contributed by atoms with E-state index in [2.05, 4.69) is 67.6 Å². The molecule has 0 aromatic heterocycles. The van der Waals surface area contributed by atoms with Crippen LogP contribution < -0.4 is 0 Å². The molecule has 7 heteroatoms. The minimum atomic E-state index is 0. The first kappa shape index (κ1) is 38.9. The summed E-state index contributed by atoms with van der Waals surface area (Å²) in [6.45, 7) is 34.3. The van der Waals surface area contributed by atoms with Crippen molar-refractivity contribution in [3.05, 3.63) is 62.3 Å². The number of allylic oxidation sites excluding steroid dienone is 3. The van der Waals surface area contributed by atoms with Gasteiger partial charge in [-0.15, -0.1) is 0 Å². The summed E-state index contributed by atoms with van der Waals surface area (Å²) in [6.07, 6.45) is 4.14. The van der Waals surface area contributed by atoms with E-state index in [1.807, 2.05) is 0 Å². The number of ether oxygens (including phenoxy) is 1. The summed E-state index contributed by atoms with van der Waals surface area (Å²) in [5.41, 5.74) is 4.12. The SMILES string of the molecule is CCC1=C(CC)C(CC)=C(CC)O[C]1.[C-]#[O+].[C-]#[O+].[C-]#[O+].[C-]#[O+].[C-]#[O+].[Cr]. The first-order chi connectivity index (χ1) is 11.8. The summed E-state index contributed by atoms with van der Waals surface area (Å²) < 4.78 is 43.0. The van der Waals surface area contributed by atoms with Gasteiger partial charge in [0.25, 0.3) is 0 Å². The maximum Gasteiger partial charge on any atom is 0 e. The van der Waals surface area contributed by atoms with E-state index in [0.717, 1.165) is 31.4 Å². The van der Waals surface area contributed by atoms with Crippen LogP contribution in [0.4, 0.5) is 0 Å². The smallest absolute Gasteiger partial charge is 0 e. The Hall–Kier alpha value is -1.49. The molecule has 1 rings (SSSR count). The van der Waals surface area contributed by atoms with Gasteiger partial charge in [-0.05, 0) is 36.0 Å². The van der Waals surface area contributed by atoms with Crippen LogP contribution in [0.25, 0.3) is 0 Å². The molecule has 0 spiro atoms. The van der Waals surface area contributed by atoms with Gasteiger partial charge in [-0.2, -0.15) is 0 Å². The van der Waals surface area contributed by atoms with Crippen LogP contribution in [-0.4, -0.2) is 0 Å². The summed E-state index contributed by atoms with van der Waals surface area (Å²) in [5, 5.41) is 0. The van der Waals surface area contributed by atoms with Gasteiger partial charge in [0.05, 0.1) is 0 Å². The first-order valence-corrected chi connectivity index (χ1v) is 6.67. The second-order valence-electron chi connectivity index (χ2n) is 3.48. The largest absolute Gasteiger partial charge is 0 e. The van der Waals surface area contributed by atoms with Gasteiger partial charge < -0.3 is 4.74 Å². The molecule has 25 heavy (non-hydrogen) atoms. The van der Waals surface area contributed by atoms with Crippen molar-refractivity contribution >= 4 is 0 Å². The van der Waals surface area contributed by atoms with E-state index in [-0.39, 0.29) is 17.4 Å². The van der Waals surface area contributed by atoms with Gasteiger partial charge in [0.15, 0.2) is 0 Å². The predicted octanol–water partition coefficient (Wildman–Crippen LogP) is 4.06. The molecule has 0 unspecified atom stereocenters. The van der Waals surface area contributed by atoms with Crippen LogP contribution in [0, 0.1) is 39.9 Å². The Balaban J connectivity index is -0.0000000708. The maximum atomic E-state index is 7.50. The van der Waals surface area contributed by atoms with Crippen molar-refractivity contribution in [2.75, 3.05) is 0 Å². The van der Waals surface area contributed by atoms with Crippen molar-refractivity contribution in [3.8, 4) is 0 Å². The van der Waals surface area contributed by atoms with Crippen molar-refractivity contribution in [2.45, 2.75) is 53.4 Å². The minimum absolute atomic E-state index is 0. The molecule has 0 N–H and O–H groups in total. The molecule has 0 bridgehead atoms. The third-order valence-corrected chi connectivity index (χ3v) is 2.74. The summed E-state index contributed by atoms with van der Waals surface area (Å²) in [6, 6.07) is 0. The average molecular weight is 384 g/mol. The molecule has 2 radical (unpaired) electrons. The zero-order valence-corrected chi connectivity index (χ0v) is 16.0. The average Bonchev–Trinajstić information content (AvgIpc) is 2.73. The van der Waals surface area contributed by atoms with E-state index in [0.29, 0.717) is 0 Å². The maximum absolute atomic E-state index is 7.50. The molecular weight excluding hydrogens is 364 g/mol. The van der Waals surface area contributed by atoms with Crippen molar-refractivity contribution < 1.29 is 45.4 Å². The molecule has 1 heterocycles. The van der Waals surface area contributed by atoms with Crippen molar-refractivity contribution in [3.63, 3.8) is 0 Å². The molecule has 1 aliphatic heterocycles. The third kappa shape index (κ3) is 17.1. The van der Waals surface area contributed by atoms with Gasteiger partial charge >= 0.3 is 56.5 Å². The Labute approximate surface area is 161 Å². The van der Waals surface area contributed by atoms with Crippen LogP contribution in [0.3, 0.4) is 0 Å². The van der Waals surface area contributed by atoms with Crippen LogP contribution in [0.1, 0.15) is 53.4 Å². The van der Waals surface area contributed by atoms with E-state index < -0.39 is 0 Å². The Morgan fingerprint density at radius 3 is 1.24 bits per heavy atom. The fraction of sp³-hybridized carbons (Fsp3) is 0.444. The third-order valence-electron chi connectivity index (χ3n) is 2.74. The van der Waals surface area contributed by atoms with E-state index in [9.17, 15) is 0 Å². The quantitative estimate of drug-likeness (QED) is 0.529. The van der Waals surface area contributed by atoms with Crippen LogP contribution in [0.5, 0.6) is 0 Å². The molecule has 0 aromatic carbocycles. The van der Waals surface area contributed by atoms with Crippen molar-refractivity contribution in [1.82, 2.24) is 0 Å². The van der Waals surface area contributed by atoms with E-state index in [1.54, 1.807) is 0 Å². The van der Waals surface area contributed by atoms with Gasteiger partial charge in [0.2, 0.25) is 6.61 Å². The second kappa shape index (κ2) is 38.2. The van der Waals surface area contributed by atoms with Crippen LogP contribution >= 0.6 is 0 Å². The molecule has 0 amide bonds. The van der Waals surface area contributed by atoms with Crippen LogP contribution in [0.2, 0.25) is 0 Å². The summed E-state index contributed by atoms with van der Waals surface area (Å²) in [7, 11) is 0. The molecule has 1 aliphatic rings. The predicted molar refractivity (Wildman–Crippen MR) is 79.2 cm³/mol. The van der Waals surface area contributed by atoms with Gasteiger partial charge in [-0.3, -0.25) is 0 Å². The molecule has 0 aromatic rings. The Morgan fingerprint density at radius 2 is 1.00 bits per heavy atom. The zero-order chi connectivity index (χ0) is 20.6. The second-order valence-corrected chi connectivity index (χ2v) is 3.48. The molecule has 0 aliphatic carbocycles. The van der Waals surface area contributed by atoms with Gasteiger partial charge in [0, 0.05) is 23.8 Å². The van der Waals surface area contributed by atoms with E-state index in [1.165, 1.54) is 16.7 Å².